The molecular formula is C22H19ClF3N3O2. The molecule has 0 aliphatic rings. The molecule has 1 N–H and O–H groups in total. The maximum Gasteiger partial charge on any atom is 0.417 e. The van der Waals surface area contributed by atoms with E-state index in [2.05, 4.69) is 10.3 Å². The lowest BCUT2D eigenvalue weighted by molar-refractivity contribution is -0.137. The second-order valence-electron chi connectivity index (χ2n) is 6.65. The number of nitrogens with zero attached hydrogens (tertiary/aromatic N) is 2. The molecule has 0 spiro atoms. The van der Waals surface area contributed by atoms with Crippen molar-refractivity contribution < 1.29 is 22.7 Å². The van der Waals surface area contributed by atoms with Gasteiger partial charge in [-0.05, 0) is 29.8 Å². The minimum absolute atomic E-state index is 0.192. The number of amides is 1. The number of rotatable bonds is 6. The average molecular weight is 450 g/mol. The molecule has 31 heavy (non-hydrogen) atoms. The van der Waals surface area contributed by atoms with Gasteiger partial charge in [0.15, 0.2) is 0 Å². The van der Waals surface area contributed by atoms with E-state index < -0.39 is 28.7 Å². The van der Waals surface area contributed by atoms with Crippen LogP contribution in [0.3, 0.4) is 0 Å². The van der Waals surface area contributed by atoms with Crippen LogP contribution in [0.2, 0.25) is 5.02 Å². The van der Waals surface area contributed by atoms with Crippen molar-refractivity contribution in [3.8, 4) is 5.75 Å². The van der Waals surface area contributed by atoms with Crippen molar-refractivity contribution in [1.29, 1.82) is 0 Å². The fraction of sp³-hybridized carbons (Fsp3) is 0.182. The molecule has 0 radical (unpaired) electrons. The van der Waals surface area contributed by atoms with Gasteiger partial charge in [-0.2, -0.15) is 13.2 Å². The predicted molar refractivity (Wildman–Crippen MR) is 112 cm³/mol. The average Bonchev–Trinajstić information content (AvgIpc) is 3.16. The fourth-order valence-corrected chi connectivity index (χ4v) is 3.29. The number of benzene rings is 2. The number of aromatic nitrogens is 2. The lowest BCUT2D eigenvalue weighted by atomic mass is 10.0. The van der Waals surface area contributed by atoms with E-state index in [9.17, 15) is 18.0 Å². The number of hydrogen-bond donors (Lipinski definition) is 1. The van der Waals surface area contributed by atoms with E-state index in [1.807, 2.05) is 6.07 Å². The van der Waals surface area contributed by atoms with Crippen molar-refractivity contribution in [3.05, 3.63) is 88.5 Å². The molecule has 0 aliphatic carbocycles. The van der Waals surface area contributed by atoms with Crippen LogP contribution in [-0.4, -0.2) is 22.6 Å². The summed E-state index contributed by atoms with van der Waals surface area (Å²) in [4.78, 5) is 16.9. The molecule has 9 heteroatoms. The summed E-state index contributed by atoms with van der Waals surface area (Å²) in [5.41, 5.74) is -0.0822. The van der Waals surface area contributed by atoms with E-state index in [0.717, 1.165) is 18.2 Å². The molecule has 1 unspecified atom stereocenters. The van der Waals surface area contributed by atoms with Crippen molar-refractivity contribution in [1.82, 2.24) is 14.9 Å². The number of nitrogens with one attached hydrogen (secondary N) is 1. The third-order valence-electron chi connectivity index (χ3n) is 4.58. The van der Waals surface area contributed by atoms with Crippen LogP contribution in [0.5, 0.6) is 5.75 Å². The number of aryl methyl sites for hydroxylation is 1. The van der Waals surface area contributed by atoms with Crippen molar-refractivity contribution in [2.24, 2.45) is 7.05 Å². The second-order valence-corrected chi connectivity index (χ2v) is 7.06. The van der Waals surface area contributed by atoms with Gasteiger partial charge in [0.1, 0.15) is 17.6 Å². The van der Waals surface area contributed by atoms with Crippen molar-refractivity contribution in [3.63, 3.8) is 0 Å². The number of hydrogen-bond acceptors (Lipinski definition) is 3. The molecule has 0 saturated carbocycles. The van der Waals surface area contributed by atoms with Crippen LogP contribution in [-0.2, 0) is 18.0 Å². The SMILES string of the molecule is COc1ccccc1C(NC(=O)/C=C/c1ccc(Cl)c(C(F)(F)F)c1)c1nccn1C. The maximum atomic E-state index is 13.0. The second kappa shape index (κ2) is 9.26. The van der Waals surface area contributed by atoms with Gasteiger partial charge in [0.25, 0.3) is 0 Å². The van der Waals surface area contributed by atoms with Crippen LogP contribution >= 0.6 is 11.6 Å². The van der Waals surface area contributed by atoms with Gasteiger partial charge in [0, 0.05) is 31.1 Å². The zero-order chi connectivity index (χ0) is 22.6. The lowest BCUT2D eigenvalue weighted by Gasteiger charge is -2.20. The van der Waals surface area contributed by atoms with E-state index >= 15 is 0 Å². The Bertz CT molecular complexity index is 1110. The molecule has 1 atom stereocenters. The fourth-order valence-electron chi connectivity index (χ4n) is 3.07. The molecule has 0 bridgehead atoms. The van der Waals surface area contributed by atoms with E-state index in [0.29, 0.717) is 17.1 Å². The minimum Gasteiger partial charge on any atom is -0.496 e. The number of alkyl halides is 3. The number of ether oxygens (including phenoxy) is 1. The zero-order valence-electron chi connectivity index (χ0n) is 16.7. The zero-order valence-corrected chi connectivity index (χ0v) is 17.4. The Morgan fingerprint density at radius 2 is 2.00 bits per heavy atom. The highest BCUT2D eigenvalue weighted by Gasteiger charge is 2.33. The normalized spacial score (nSPS) is 12.7. The van der Waals surface area contributed by atoms with Crippen molar-refractivity contribution >= 4 is 23.6 Å². The largest absolute Gasteiger partial charge is 0.496 e. The molecular weight excluding hydrogens is 431 g/mol. The first-order chi connectivity index (χ1) is 14.7. The van der Waals surface area contributed by atoms with Crippen LogP contribution in [0.1, 0.15) is 28.6 Å². The lowest BCUT2D eigenvalue weighted by Crippen LogP contribution is -2.30. The highest BCUT2D eigenvalue weighted by atomic mass is 35.5. The number of para-hydroxylation sites is 1. The molecule has 2 aromatic carbocycles. The number of imidazole rings is 1. The molecule has 0 aliphatic heterocycles. The molecule has 1 heterocycles. The van der Waals surface area contributed by atoms with Crippen LogP contribution in [0, 0.1) is 0 Å². The standard InChI is InChI=1S/C22H19ClF3N3O2/c1-29-12-11-27-21(29)20(15-5-3-4-6-18(15)31-2)28-19(30)10-8-14-7-9-17(23)16(13-14)22(24,25)26/h3-13,20H,1-2H3,(H,28,30)/b10-8+. The Balaban J connectivity index is 1.88. The number of methoxy groups -OCH3 is 1. The molecule has 3 aromatic rings. The predicted octanol–water partition coefficient (Wildman–Crippen LogP) is 5.02. The van der Waals surface area contributed by atoms with Crippen LogP contribution < -0.4 is 10.1 Å². The third-order valence-corrected chi connectivity index (χ3v) is 4.91. The van der Waals surface area contributed by atoms with Gasteiger partial charge < -0.3 is 14.6 Å². The van der Waals surface area contributed by atoms with Crippen LogP contribution in [0.4, 0.5) is 13.2 Å². The quantitative estimate of drug-likeness (QED) is 0.538. The molecule has 3 rings (SSSR count). The van der Waals surface area contributed by atoms with E-state index in [1.54, 1.807) is 42.2 Å². The van der Waals surface area contributed by atoms with Crippen molar-refractivity contribution in [2.45, 2.75) is 12.2 Å². The first kappa shape index (κ1) is 22.4. The highest BCUT2D eigenvalue weighted by molar-refractivity contribution is 6.31. The van der Waals surface area contributed by atoms with Crippen LogP contribution in [0.15, 0.2) is 60.9 Å². The van der Waals surface area contributed by atoms with Gasteiger partial charge in [-0.25, -0.2) is 4.98 Å². The maximum absolute atomic E-state index is 13.0. The Morgan fingerprint density at radius 3 is 2.65 bits per heavy atom. The first-order valence-corrected chi connectivity index (χ1v) is 9.54. The summed E-state index contributed by atoms with van der Waals surface area (Å²) >= 11 is 5.64. The van der Waals surface area contributed by atoms with Gasteiger partial charge in [-0.1, -0.05) is 35.9 Å². The number of carbonyl (C=O) groups is 1. The first-order valence-electron chi connectivity index (χ1n) is 9.16. The van der Waals surface area contributed by atoms with Gasteiger partial charge in [0.2, 0.25) is 5.91 Å². The van der Waals surface area contributed by atoms with Crippen LogP contribution in [0.25, 0.3) is 6.08 Å². The number of carbonyl (C=O) groups excluding carboxylic acids is 1. The van der Waals surface area contributed by atoms with Gasteiger partial charge in [0.05, 0.1) is 17.7 Å². The summed E-state index contributed by atoms with van der Waals surface area (Å²) in [5.74, 6) is 0.617. The van der Waals surface area contributed by atoms with Gasteiger partial charge in [-0.15, -0.1) is 0 Å². The molecule has 1 aromatic heterocycles. The third kappa shape index (κ3) is 5.27. The molecule has 0 fully saturated rings. The Labute approximate surface area is 182 Å². The van der Waals surface area contributed by atoms with Gasteiger partial charge >= 0.3 is 6.18 Å². The highest BCUT2D eigenvalue weighted by Crippen LogP contribution is 2.35. The van der Waals surface area contributed by atoms with E-state index in [4.69, 9.17) is 16.3 Å². The van der Waals surface area contributed by atoms with Crippen molar-refractivity contribution in [2.75, 3.05) is 7.11 Å². The topological polar surface area (TPSA) is 56.1 Å². The smallest absolute Gasteiger partial charge is 0.417 e. The molecule has 5 nitrogen and oxygen atoms in total. The summed E-state index contributed by atoms with van der Waals surface area (Å²) in [6, 6.07) is 9.98. The minimum atomic E-state index is -4.59. The van der Waals surface area contributed by atoms with E-state index in [1.165, 1.54) is 19.3 Å². The Hall–Kier alpha value is -3.26. The summed E-state index contributed by atoms with van der Waals surface area (Å²) in [6.07, 6.45) is 1.21. The summed E-state index contributed by atoms with van der Waals surface area (Å²) in [7, 11) is 3.31. The number of halogens is 4. The Kier molecular flexibility index (Phi) is 6.70. The molecule has 0 saturated heterocycles. The van der Waals surface area contributed by atoms with E-state index in [-0.39, 0.29) is 5.56 Å². The monoisotopic (exact) mass is 449 g/mol. The summed E-state index contributed by atoms with van der Waals surface area (Å²) in [5, 5.41) is 2.44. The Morgan fingerprint density at radius 1 is 1.26 bits per heavy atom. The molecule has 1 amide bonds. The summed E-state index contributed by atoms with van der Waals surface area (Å²) < 4.78 is 46.3. The summed E-state index contributed by atoms with van der Waals surface area (Å²) in [6.45, 7) is 0. The molecule has 162 valence electrons. The van der Waals surface area contributed by atoms with Gasteiger partial charge in [-0.3, -0.25) is 4.79 Å².